The average Bonchev–Trinajstić information content (AvgIpc) is 2.50. The van der Waals surface area contributed by atoms with Crippen molar-refractivity contribution in [3.8, 4) is 5.75 Å². The molecule has 2 aromatic heterocycles. The van der Waals surface area contributed by atoms with E-state index >= 15 is 0 Å². The normalized spacial score (nSPS) is 10.7. The molecule has 100 valence electrons. The van der Waals surface area contributed by atoms with Crippen molar-refractivity contribution < 1.29 is 4.74 Å². The first-order chi connectivity index (χ1) is 9.75. The van der Waals surface area contributed by atoms with Crippen LogP contribution in [0.15, 0.2) is 53.6 Å². The van der Waals surface area contributed by atoms with Gasteiger partial charge < -0.3 is 9.30 Å². The van der Waals surface area contributed by atoms with Gasteiger partial charge in [0.25, 0.3) is 5.56 Å². The Morgan fingerprint density at radius 2 is 1.95 bits per heavy atom. The van der Waals surface area contributed by atoms with Crippen LogP contribution in [-0.4, -0.2) is 14.5 Å². The summed E-state index contributed by atoms with van der Waals surface area (Å²) in [6, 6.07) is 11.6. The fourth-order valence-corrected chi connectivity index (χ4v) is 2.00. The van der Waals surface area contributed by atoms with E-state index in [0.717, 1.165) is 5.56 Å². The van der Waals surface area contributed by atoms with Crippen molar-refractivity contribution in [1.82, 2.24) is 14.5 Å². The summed E-state index contributed by atoms with van der Waals surface area (Å²) in [5.74, 6) is 0.603. The van der Waals surface area contributed by atoms with Gasteiger partial charge in [-0.15, -0.1) is 0 Å². The zero-order valence-electron chi connectivity index (χ0n) is 11.0. The van der Waals surface area contributed by atoms with Gasteiger partial charge in [0.2, 0.25) is 0 Å². The Morgan fingerprint density at radius 1 is 1.15 bits per heavy atom. The van der Waals surface area contributed by atoms with Crippen molar-refractivity contribution in [2.24, 2.45) is 7.05 Å². The summed E-state index contributed by atoms with van der Waals surface area (Å²) in [5, 5.41) is 0. The van der Waals surface area contributed by atoms with Crippen LogP contribution in [0, 0.1) is 0 Å². The van der Waals surface area contributed by atoms with Crippen molar-refractivity contribution in [1.29, 1.82) is 0 Å². The smallest absolute Gasteiger partial charge is 0.269 e. The maximum absolute atomic E-state index is 11.7. The molecule has 0 radical (unpaired) electrons. The van der Waals surface area contributed by atoms with Crippen molar-refractivity contribution in [3.05, 3.63) is 64.7 Å². The fourth-order valence-electron chi connectivity index (χ4n) is 2.00. The Kier molecular flexibility index (Phi) is 3.16. The van der Waals surface area contributed by atoms with Gasteiger partial charge in [-0.25, -0.2) is 9.97 Å². The van der Waals surface area contributed by atoms with Crippen molar-refractivity contribution in [3.63, 3.8) is 0 Å². The van der Waals surface area contributed by atoms with Crippen LogP contribution >= 0.6 is 0 Å². The van der Waals surface area contributed by atoms with Crippen LogP contribution in [0.25, 0.3) is 11.2 Å². The molecule has 0 aliphatic rings. The topological polar surface area (TPSA) is 57.0 Å². The molecule has 0 amide bonds. The van der Waals surface area contributed by atoms with E-state index in [2.05, 4.69) is 9.97 Å². The van der Waals surface area contributed by atoms with Crippen LogP contribution in [0.3, 0.4) is 0 Å². The Balaban J connectivity index is 1.99. The van der Waals surface area contributed by atoms with Gasteiger partial charge in [-0.1, -0.05) is 30.3 Å². The minimum absolute atomic E-state index is 0.185. The lowest BCUT2D eigenvalue weighted by Crippen LogP contribution is -2.17. The Hall–Kier alpha value is -2.69. The van der Waals surface area contributed by atoms with E-state index in [4.69, 9.17) is 4.74 Å². The third-order valence-electron chi connectivity index (χ3n) is 3.07. The number of fused-ring (bicyclic) bond motifs is 1. The Morgan fingerprint density at radius 3 is 2.75 bits per heavy atom. The van der Waals surface area contributed by atoms with Crippen LogP contribution in [0.1, 0.15) is 5.56 Å². The molecule has 0 saturated heterocycles. The van der Waals surface area contributed by atoms with Gasteiger partial charge in [0.1, 0.15) is 17.9 Å². The second-order valence-electron chi connectivity index (χ2n) is 4.41. The molecule has 5 nitrogen and oxygen atoms in total. The average molecular weight is 267 g/mol. The number of pyridine rings is 1. The molecule has 0 unspecified atom stereocenters. The van der Waals surface area contributed by atoms with Crippen molar-refractivity contribution >= 4 is 11.2 Å². The predicted octanol–water partition coefficient (Wildman–Crippen LogP) is 1.91. The number of rotatable bonds is 3. The van der Waals surface area contributed by atoms with E-state index in [1.165, 1.54) is 10.8 Å². The lowest BCUT2D eigenvalue weighted by molar-refractivity contribution is 0.308. The summed E-state index contributed by atoms with van der Waals surface area (Å²) in [5.41, 5.74) is 1.98. The quantitative estimate of drug-likeness (QED) is 0.727. The van der Waals surface area contributed by atoms with Gasteiger partial charge >= 0.3 is 0 Å². The van der Waals surface area contributed by atoms with E-state index in [9.17, 15) is 4.79 Å². The largest absolute Gasteiger partial charge is 0.487 e. The molecule has 1 aromatic carbocycles. The maximum atomic E-state index is 11.7. The molecule has 0 atom stereocenters. The van der Waals surface area contributed by atoms with Gasteiger partial charge in [-0.2, -0.15) is 0 Å². The maximum Gasteiger partial charge on any atom is 0.269 e. The molecule has 0 spiro atoms. The summed E-state index contributed by atoms with van der Waals surface area (Å²) in [6.07, 6.45) is 2.89. The Labute approximate surface area is 115 Å². The van der Waals surface area contributed by atoms with Crippen LogP contribution in [0.5, 0.6) is 5.75 Å². The summed E-state index contributed by atoms with van der Waals surface area (Å²) in [4.78, 5) is 19.9. The molecule has 0 saturated carbocycles. The van der Waals surface area contributed by atoms with Crippen LogP contribution in [0.4, 0.5) is 0 Å². The molecule has 3 rings (SSSR count). The molecule has 0 aliphatic heterocycles. The highest BCUT2D eigenvalue weighted by atomic mass is 16.5. The second-order valence-corrected chi connectivity index (χ2v) is 4.41. The van der Waals surface area contributed by atoms with Crippen molar-refractivity contribution in [2.75, 3.05) is 0 Å². The third kappa shape index (κ3) is 2.25. The Bertz CT molecular complexity index is 797. The summed E-state index contributed by atoms with van der Waals surface area (Å²) < 4.78 is 7.30. The molecular formula is C15H13N3O2. The summed E-state index contributed by atoms with van der Waals surface area (Å²) in [6.45, 7) is 0.434. The zero-order valence-corrected chi connectivity index (χ0v) is 11.0. The first-order valence-electron chi connectivity index (χ1n) is 6.23. The number of nitrogens with zero attached hydrogens (tertiary/aromatic N) is 3. The predicted molar refractivity (Wildman–Crippen MR) is 75.6 cm³/mol. The summed E-state index contributed by atoms with van der Waals surface area (Å²) >= 11 is 0. The molecule has 0 fully saturated rings. The van der Waals surface area contributed by atoms with E-state index in [1.807, 2.05) is 30.3 Å². The summed E-state index contributed by atoms with van der Waals surface area (Å²) in [7, 11) is 1.68. The first-order valence-corrected chi connectivity index (χ1v) is 6.23. The van der Waals surface area contributed by atoms with Gasteiger partial charge in [0, 0.05) is 19.3 Å². The van der Waals surface area contributed by atoms with E-state index in [-0.39, 0.29) is 5.56 Å². The standard InChI is InChI=1S/C15H13N3O2/c1-18-13(19)9-17-15-14(18)12(7-8-16-15)20-10-11-5-3-2-4-6-11/h2-9H,10H2,1H3. The molecule has 3 aromatic rings. The van der Waals surface area contributed by atoms with E-state index in [0.29, 0.717) is 23.5 Å². The fraction of sp³-hybridized carbons (Fsp3) is 0.133. The van der Waals surface area contributed by atoms with E-state index < -0.39 is 0 Å². The minimum Gasteiger partial charge on any atom is -0.487 e. The highest BCUT2D eigenvalue weighted by molar-refractivity contribution is 5.77. The lowest BCUT2D eigenvalue weighted by Gasteiger charge is -2.10. The SMILES string of the molecule is Cn1c(=O)cnc2nccc(OCc3ccccc3)c21. The molecule has 20 heavy (non-hydrogen) atoms. The molecule has 0 aliphatic carbocycles. The molecule has 2 heterocycles. The highest BCUT2D eigenvalue weighted by Crippen LogP contribution is 2.21. The van der Waals surface area contributed by atoms with Crippen molar-refractivity contribution in [2.45, 2.75) is 6.61 Å². The monoisotopic (exact) mass is 267 g/mol. The number of ether oxygens (including phenoxy) is 1. The van der Waals surface area contributed by atoms with Gasteiger partial charge in [-0.05, 0) is 5.56 Å². The molecule has 0 N–H and O–H groups in total. The highest BCUT2D eigenvalue weighted by Gasteiger charge is 2.08. The molecule has 5 heteroatoms. The minimum atomic E-state index is -0.185. The van der Waals surface area contributed by atoms with E-state index in [1.54, 1.807) is 19.3 Å². The first kappa shape index (κ1) is 12.3. The number of aromatic nitrogens is 3. The molecular weight excluding hydrogens is 254 g/mol. The number of aryl methyl sites for hydroxylation is 1. The van der Waals surface area contributed by atoms with Gasteiger partial charge in [0.05, 0.1) is 6.20 Å². The lowest BCUT2D eigenvalue weighted by atomic mass is 10.2. The van der Waals surface area contributed by atoms with Gasteiger partial charge in [0.15, 0.2) is 5.65 Å². The van der Waals surface area contributed by atoms with Crippen LogP contribution < -0.4 is 10.3 Å². The number of hydrogen-bond acceptors (Lipinski definition) is 4. The zero-order chi connectivity index (χ0) is 13.9. The van der Waals surface area contributed by atoms with Crippen LogP contribution in [0.2, 0.25) is 0 Å². The molecule has 0 bridgehead atoms. The number of hydrogen-bond donors (Lipinski definition) is 0. The second kappa shape index (κ2) is 5.13. The third-order valence-corrected chi connectivity index (χ3v) is 3.07. The van der Waals surface area contributed by atoms with Gasteiger partial charge in [-0.3, -0.25) is 4.79 Å². The van der Waals surface area contributed by atoms with Crippen LogP contribution in [-0.2, 0) is 13.7 Å². The number of benzene rings is 1.